The highest BCUT2D eigenvalue weighted by atomic mass is 32.1. The van der Waals surface area contributed by atoms with Crippen LogP contribution in [0.4, 0.5) is 0 Å². The van der Waals surface area contributed by atoms with E-state index in [1.807, 2.05) is 0 Å². The number of hydrogen-bond donors (Lipinski definition) is 2. The lowest BCUT2D eigenvalue weighted by molar-refractivity contribution is 0.308. The highest BCUT2D eigenvalue weighted by molar-refractivity contribution is 7.80. The average Bonchev–Trinajstić information content (AvgIpc) is 3.09. The van der Waals surface area contributed by atoms with E-state index in [1.165, 1.54) is 0 Å². The Bertz CT molecular complexity index is 404. The highest BCUT2D eigenvalue weighted by Gasteiger charge is 2.30. The van der Waals surface area contributed by atoms with Gasteiger partial charge in [0.2, 0.25) is 0 Å². The Morgan fingerprint density at radius 1 is 0.700 bits per heavy atom. The molecule has 0 atom stereocenters. The lowest BCUT2D eigenvalue weighted by Crippen LogP contribution is -2.44. The summed E-state index contributed by atoms with van der Waals surface area (Å²) in [4.78, 5) is 8.74. The van der Waals surface area contributed by atoms with Gasteiger partial charge in [-0.15, -0.1) is 0 Å². The molecule has 0 aromatic heterocycles. The molecule has 0 aromatic carbocycles. The van der Waals surface area contributed by atoms with E-state index in [0.29, 0.717) is 0 Å². The van der Waals surface area contributed by atoms with Crippen LogP contribution in [0.2, 0.25) is 0 Å². The van der Waals surface area contributed by atoms with Crippen LogP contribution < -0.4 is 10.6 Å². The van der Waals surface area contributed by atoms with Crippen LogP contribution in [-0.2, 0) is 0 Å². The third-order valence-corrected chi connectivity index (χ3v) is 5.08. The Kier molecular flexibility index (Phi) is 4.08. The Labute approximate surface area is 135 Å². The molecule has 0 bridgehead atoms. The summed E-state index contributed by atoms with van der Waals surface area (Å²) in [6.07, 6.45) is 0. The van der Waals surface area contributed by atoms with Crippen LogP contribution >= 0.6 is 36.7 Å². The van der Waals surface area contributed by atoms with Crippen molar-refractivity contribution in [2.75, 3.05) is 52.6 Å². The highest BCUT2D eigenvalue weighted by Crippen LogP contribution is 2.13. The van der Waals surface area contributed by atoms with E-state index < -0.39 is 0 Å². The topological polar surface area (TPSA) is 37.0 Å². The molecule has 0 amide bonds. The summed E-state index contributed by atoms with van der Waals surface area (Å²) in [6.45, 7) is 7.23. The van der Waals surface area contributed by atoms with Crippen molar-refractivity contribution in [1.29, 1.82) is 0 Å². The molecule has 20 heavy (non-hydrogen) atoms. The summed E-state index contributed by atoms with van der Waals surface area (Å²) in [5, 5.41) is 8.91. The lowest BCUT2D eigenvalue weighted by Gasteiger charge is -2.29. The first-order chi connectivity index (χ1) is 9.65. The maximum Gasteiger partial charge on any atom is 0.174 e. The second-order valence-corrected chi connectivity index (χ2v) is 6.22. The third-order valence-electron chi connectivity index (χ3n) is 3.75. The minimum atomic E-state index is 0.782. The van der Waals surface area contributed by atoms with Gasteiger partial charge in [0, 0.05) is 39.3 Å². The molecule has 2 N–H and O–H groups in total. The van der Waals surface area contributed by atoms with Crippen molar-refractivity contribution >= 4 is 52.0 Å². The molecule has 3 aliphatic heterocycles. The number of nitrogens with zero attached hydrogens (tertiary/aromatic N) is 4. The van der Waals surface area contributed by atoms with Gasteiger partial charge in [0.1, 0.15) is 0 Å². The largest absolute Gasteiger partial charge is 0.361 e. The van der Waals surface area contributed by atoms with Crippen molar-refractivity contribution in [1.82, 2.24) is 30.2 Å². The molecular formula is C11H18N6S3. The van der Waals surface area contributed by atoms with E-state index in [1.54, 1.807) is 0 Å². The Hall–Kier alpha value is -0.930. The number of thiocarbonyl (C=S) groups is 3. The van der Waals surface area contributed by atoms with Crippen LogP contribution in [0, 0.1) is 0 Å². The van der Waals surface area contributed by atoms with E-state index in [9.17, 15) is 0 Å². The zero-order chi connectivity index (χ0) is 14.1. The van der Waals surface area contributed by atoms with E-state index in [2.05, 4.69) is 30.2 Å². The second kappa shape index (κ2) is 5.82. The third kappa shape index (κ3) is 2.75. The SMILES string of the molecule is S=C1NCCN1CN1CCN(CN2CCNC2=S)C1=S. The Balaban J connectivity index is 1.54. The van der Waals surface area contributed by atoms with Crippen molar-refractivity contribution in [3.8, 4) is 0 Å². The summed E-state index contributed by atoms with van der Waals surface area (Å²) < 4.78 is 0. The van der Waals surface area contributed by atoms with Gasteiger partial charge in [0.05, 0.1) is 13.3 Å². The number of rotatable bonds is 4. The van der Waals surface area contributed by atoms with Crippen LogP contribution in [0.15, 0.2) is 0 Å². The van der Waals surface area contributed by atoms with E-state index >= 15 is 0 Å². The van der Waals surface area contributed by atoms with E-state index in [0.717, 1.165) is 67.9 Å². The van der Waals surface area contributed by atoms with E-state index in [-0.39, 0.29) is 0 Å². The molecule has 0 radical (unpaired) electrons. The first-order valence-corrected chi connectivity index (χ1v) is 7.97. The van der Waals surface area contributed by atoms with Gasteiger partial charge in [-0.2, -0.15) is 0 Å². The molecule has 3 fully saturated rings. The fourth-order valence-electron chi connectivity index (χ4n) is 2.60. The minimum Gasteiger partial charge on any atom is -0.361 e. The molecule has 0 spiro atoms. The monoisotopic (exact) mass is 330 g/mol. The fourth-order valence-corrected chi connectivity index (χ4v) is 3.40. The molecule has 3 rings (SSSR count). The first-order valence-electron chi connectivity index (χ1n) is 6.74. The maximum absolute atomic E-state index is 5.58. The van der Waals surface area contributed by atoms with Crippen molar-refractivity contribution in [3.63, 3.8) is 0 Å². The summed E-state index contributed by atoms with van der Waals surface area (Å²) in [5.41, 5.74) is 0. The number of nitrogens with one attached hydrogen (secondary N) is 2. The van der Waals surface area contributed by atoms with Crippen molar-refractivity contribution in [3.05, 3.63) is 0 Å². The fraction of sp³-hybridized carbons (Fsp3) is 0.727. The van der Waals surface area contributed by atoms with Crippen LogP contribution in [0.25, 0.3) is 0 Å². The molecule has 0 unspecified atom stereocenters. The zero-order valence-corrected chi connectivity index (χ0v) is 13.6. The van der Waals surface area contributed by atoms with Gasteiger partial charge >= 0.3 is 0 Å². The van der Waals surface area contributed by atoms with Gasteiger partial charge < -0.3 is 30.2 Å². The van der Waals surface area contributed by atoms with Crippen molar-refractivity contribution < 1.29 is 0 Å². The molecule has 6 nitrogen and oxygen atoms in total. The molecular weight excluding hydrogens is 312 g/mol. The number of hydrogen-bond acceptors (Lipinski definition) is 3. The van der Waals surface area contributed by atoms with Gasteiger partial charge in [-0.1, -0.05) is 0 Å². The van der Waals surface area contributed by atoms with Crippen LogP contribution in [0.3, 0.4) is 0 Å². The summed E-state index contributed by atoms with van der Waals surface area (Å²) in [7, 11) is 0. The predicted octanol–water partition coefficient (Wildman–Crippen LogP) is -0.816. The van der Waals surface area contributed by atoms with Gasteiger partial charge in [-0.3, -0.25) is 0 Å². The minimum absolute atomic E-state index is 0.782. The smallest absolute Gasteiger partial charge is 0.174 e. The Morgan fingerprint density at radius 2 is 1.15 bits per heavy atom. The molecule has 0 aromatic rings. The first kappa shape index (κ1) is 14.0. The van der Waals surface area contributed by atoms with Crippen LogP contribution in [0.5, 0.6) is 0 Å². The van der Waals surface area contributed by atoms with Gasteiger partial charge in [0.15, 0.2) is 15.3 Å². The second-order valence-electron chi connectivity index (χ2n) is 5.08. The summed E-state index contributed by atoms with van der Waals surface area (Å²) in [6, 6.07) is 0. The Morgan fingerprint density at radius 3 is 1.50 bits per heavy atom. The quantitative estimate of drug-likeness (QED) is 0.643. The van der Waals surface area contributed by atoms with Crippen LogP contribution in [0.1, 0.15) is 0 Å². The van der Waals surface area contributed by atoms with Crippen molar-refractivity contribution in [2.45, 2.75) is 0 Å². The molecule has 3 heterocycles. The van der Waals surface area contributed by atoms with Crippen LogP contribution in [-0.4, -0.2) is 87.5 Å². The molecule has 3 aliphatic rings. The van der Waals surface area contributed by atoms with Crippen molar-refractivity contribution in [2.24, 2.45) is 0 Å². The normalized spacial score (nSPS) is 22.9. The molecule has 9 heteroatoms. The molecule has 0 aliphatic carbocycles. The van der Waals surface area contributed by atoms with Gasteiger partial charge in [-0.05, 0) is 36.7 Å². The maximum atomic E-state index is 5.58. The average molecular weight is 331 g/mol. The zero-order valence-electron chi connectivity index (χ0n) is 11.2. The molecule has 0 saturated carbocycles. The predicted molar refractivity (Wildman–Crippen MR) is 90.4 cm³/mol. The van der Waals surface area contributed by atoms with E-state index in [4.69, 9.17) is 36.7 Å². The molecule has 110 valence electrons. The standard InChI is InChI=1S/C11H18N6S3/c18-9-12-1-3-14(9)7-16-5-6-17(11(16)20)8-15-4-2-13-10(15)19/h1-8H2,(H,12,18)(H,13,19). The van der Waals surface area contributed by atoms with Gasteiger partial charge in [-0.25, -0.2) is 0 Å². The molecule has 3 saturated heterocycles. The summed E-state index contributed by atoms with van der Waals surface area (Å²) in [5.74, 6) is 0. The van der Waals surface area contributed by atoms with Gasteiger partial charge in [0.25, 0.3) is 0 Å². The summed E-state index contributed by atoms with van der Waals surface area (Å²) >= 11 is 16.1. The lowest BCUT2D eigenvalue weighted by atomic mass is 10.6.